The highest BCUT2D eigenvalue weighted by atomic mass is 32.2. The van der Waals surface area contributed by atoms with Crippen LogP contribution < -0.4 is 15.7 Å². The lowest BCUT2D eigenvalue weighted by atomic mass is 10.1. The van der Waals surface area contributed by atoms with Gasteiger partial charge in [-0.05, 0) is 29.8 Å². The number of benzene rings is 3. The van der Waals surface area contributed by atoms with E-state index in [1.54, 1.807) is 30.3 Å². The topological polar surface area (TPSA) is 141 Å². The van der Waals surface area contributed by atoms with Gasteiger partial charge in [0.25, 0.3) is 11.6 Å². The Hall–Kier alpha value is -4.18. The number of carbonyl (C=O) groups is 3. The molecule has 33 heavy (non-hydrogen) atoms. The molecule has 0 aliphatic rings. The first kappa shape index (κ1) is 23.5. The summed E-state index contributed by atoms with van der Waals surface area (Å²) in [5.74, 6) is -1.56. The van der Waals surface area contributed by atoms with Crippen molar-refractivity contribution in [2.45, 2.75) is 5.75 Å². The second kappa shape index (κ2) is 10.9. The zero-order chi connectivity index (χ0) is 23.8. The number of nitro benzene ring substituents is 1. The molecule has 2 amide bonds. The summed E-state index contributed by atoms with van der Waals surface area (Å²) >= 11 is 1.34. The second-order valence-corrected chi connectivity index (χ2v) is 7.82. The van der Waals surface area contributed by atoms with Gasteiger partial charge in [0.05, 0.1) is 22.3 Å². The number of carbonyl (C=O) groups excluding carboxylic acids is 3. The van der Waals surface area contributed by atoms with Gasteiger partial charge < -0.3 is 20.5 Å². The van der Waals surface area contributed by atoms with Crippen LogP contribution in [0.4, 0.5) is 17.1 Å². The molecule has 2 N–H and O–H groups in total. The quantitative estimate of drug-likeness (QED) is 0.366. The highest BCUT2D eigenvalue weighted by Crippen LogP contribution is 2.19. The van der Waals surface area contributed by atoms with E-state index < -0.39 is 16.8 Å². The molecule has 0 aliphatic carbocycles. The van der Waals surface area contributed by atoms with Gasteiger partial charge >= 0.3 is 0 Å². The van der Waals surface area contributed by atoms with E-state index in [2.05, 4.69) is 10.6 Å². The lowest BCUT2D eigenvalue weighted by molar-refractivity contribution is -0.384. The maximum absolute atomic E-state index is 12.5. The van der Waals surface area contributed by atoms with Gasteiger partial charge in [-0.2, -0.15) is 0 Å². The molecule has 0 aliphatic heterocycles. The summed E-state index contributed by atoms with van der Waals surface area (Å²) < 4.78 is 0. The van der Waals surface area contributed by atoms with Gasteiger partial charge in [-0.15, -0.1) is 11.8 Å². The molecule has 0 fully saturated rings. The molecule has 0 saturated carbocycles. The Bertz CT molecular complexity index is 1200. The summed E-state index contributed by atoms with van der Waals surface area (Å²) in [6.45, 7) is 0. The Balaban J connectivity index is 1.55. The molecule has 0 aromatic heterocycles. The van der Waals surface area contributed by atoms with E-state index in [4.69, 9.17) is 0 Å². The molecule has 0 bridgehead atoms. The van der Waals surface area contributed by atoms with E-state index in [1.807, 2.05) is 0 Å². The van der Waals surface area contributed by atoms with Crippen LogP contribution in [-0.4, -0.2) is 28.5 Å². The Labute approximate surface area is 193 Å². The number of thioether (sulfide) groups is 1. The van der Waals surface area contributed by atoms with Crippen LogP contribution in [0.2, 0.25) is 0 Å². The lowest BCUT2D eigenvalue weighted by Gasteiger charge is -2.12. The Morgan fingerprint density at radius 1 is 0.909 bits per heavy atom. The van der Waals surface area contributed by atoms with E-state index in [0.717, 1.165) is 5.56 Å². The molecule has 0 spiro atoms. The fraction of sp³-hybridized carbons (Fsp3) is 0.0870. The zero-order valence-corrected chi connectivity index (χ0v) is 18.0. The summed E-state index contributed by atoms with van der Waals surface area (Å²) in [5.41, 5.74) is 1.48. The molecule has 0 saturated heterocycles. The molecule has 3 aromatic carbocycles. The summed E-state index contributed by atoms with van der Waals surface area (Å²) in [7, 11) is 0. The molecule has 0 radical (unpaired) electrons. The van der Waals surface area contributed by atoms with Crippen LogP contribution in [0.15, 0.2) is 72.8 Å². The van der Waals surface area contributed by atoms with Crippen LogP contribution in [0.5, 0.6) is 0 Å². The van der Waals surface area contributed by atoms with E-state index in [1.165, 1.54) is 54.2 Å². The minimum absolute atomic E-state index is 0.00790. The highest BCUT2D eigenvalue weighted by Gasteiger charge is 2.11. The standard InChI is InChI=1S/C23H19N3O6S/c27-21(14-33-13-15-8-10-18(11-9-15)26(31)32)24-17-5-3-4-16(12-17)22(28)25-20-7-2-1-6-19(20)23(29)30/h1-12H,13-14H2,(H,24,27)(H,25,28)(H,29,30)/p-1. The van der Waals surface area contributed by atoms with E-state index in [-0.39, 0.29) is 34.2 Å². The van der Waals surface area contributed by atoms with Crippen LogP contribution >= 0.6 is 11.8 Å². The molecule has 3 rings (SSSR count). The zero-order valence-electron chi connectivity index (χ0n) is 17.1. The minimum atomic E-state index is -1.40. The largest absolute Gasteiger partial charge is 0.545 e. The van der Waals surface area contributed by atoms with Crippen LogP contribution in [0.25, 0.3) is 0 Å². The van der Waals surface area contributed by atoms with Gasteiger partial charge in [0.1, 0.15) is 0 Å². The molecular formula is C23H18N3O6S-. The maximum Gasteiger partial charge on any atom is 0.269 e. The van der Waals surface area contributed by atoms with Crippen molar-refractivity contribution in [2.24, 2.45) is 0 Å². The molecule has 3 aromatic rings. The van der Waals surface area contributed by atoms with Crippen molar-refractivity contribution in [1.82, 2.24) is 0 Å². The number of nitrogens with one attached hydrogen (secondary N) is 2. The molecular weight excluding hydrogens is 446 g/mol. The number of non-ortho nitro benzene ring substituents is 1. The summed E-state index contributed by atoms with van der Waals surface area (Å²) in [6, 6.07) is 18.3. The maximum atomic E-state index is 12.5. The first-order chi connectivity index (χ1) is 15.8. The smallest absolute Gasteiger partial charge is 0.269 e. The van der Waals surface area contributed by atoms with Crippen molar-refractivity contribution in [3.8, 4) is 0 Å². The summed E-state index contributed by atoms with van der Waals surface area (Å²) in [6.07, 6.45) is 0. The fourth-order valence-corrected chi connectivity index (χ4v) is 3.66. The third-order valence-electron chi connectivity index (χ3n) is 4.45. The van der Waals surface area contributed by atoms with Crippen LogP contribution in [0.3, 0.4) is 0 Å². The predicted molar refractivity (Wildman–Crippen MR) is 123 cm³/mol. The molecule has 9 nitrogen and oxygen atoms in total. The number of carboxylic acids is 1. The van der Waals surface area contributed by atoms with Gasteiger partial charge in [-0.1, -0.05) is 36.4 Å². The molecule has 0 heterocycles. The number of hydrogen-bond donors (Lipinski definition) is 2. The third kappa shape index (κ3) is 6.65. The van der Waals surface area contributed by atoms with Crippen LogP contribution in [0.1, 0.15) is 26.3 Å². The van der Waals surface area contributed by atoms with Crippen molar-refractivity contribution in [3.05, 3.63) is 99.6 Å². The molecule has 0 unspecified atom stereocenters. The number of nitro groups is 1. The number of hydrogen-bond acceptors (Lipinski definition) is 7. The van der Waals surface area contributed by atoms with Gasteiger partial charge in [0.15, 0.2) is 0 Å². The summed E-state index contributed by atoms with van der Waals surface area (Å²) in [5, 5.41) is 27.1. The van der Waals surface area contributed by atoms with E-state index in [0.29, 0.717) is 11.4 Å². The number of aromatic carboxylic acids is 1. The van der Waals surface area contributed by atoms with Gasteiger partial charge in [-0.3, -0.25) is 19.7 Å². The van der Waals surface area contributed by atoms with Gasteiger partial charge in [-0.25, -0.2) is 0 Å². The number of amides is 2. The average molecular weight is 464 g/mol. The second-order valence-electron chi connectivity index (χ2n) is 6.83. The first-order valence-corrected chi connectivity index (χ1v) is 10.8. The highest BCUT2D eigenvalue weighted by molar-refractivity contribution is 7.99. The Morgan fingerprint density at radius 3 is 2.33 bits per heavy atom. The van der Waals surface area contributed by atoms with Crippen LogP contribution in [-0.2, 0) is 10.5 Å². The molecule has 10 heteroatoms. The average Bonchev–Trinajstić information content (AvgIpc) is 2.79. The van der Waals surface area contributed by atoms with Crippen molar-refractivity contribution in [2.75, 3.05) is 16.4 Å². The third-order valence-corrected chi connectivity index (χ3v) is 5.46. The number of rotatable bonds is 9. The predicted octanol–water partition coefficient (Wildman–Crippen LogP) is 3.08. The van der Waals surface area contributed by atoms with Crippen molar-refractivity contribution in [3.63, 3.8) is 0 Å². The van der Waals surface area contributed by atoms with Crippen LogP contribution in [0, 0.1) is 10.1 Å². The molecule has 0 atom stereocenters. The first-order valence-electron chi connectivity index (χ1n) is 9.66. The number of carboxylic acid groups (broad SMARTS) is 1. The number of para-hydroxylation sites is 1. The Morgan fingerprint density at radius 2 is 1.64 bits per heavy atom. The van der Waals surface area contributed by atoms with Crippen molar-refractivity contribution >= 4 is 46.6 Å². The number of nitrogens with zero attached hydrogens (tertiary/aromatic N) is 1. The van der Waals surface area contributed by atoms with E-state index in [9.17, 15) is 29.6 Å². The lowest BCUT2D eigenvalue weighted by Crippen LogP contribution is -2.24. The van der Waals surface area contributed by atoms with E-state index >= 15 is 0 Å². The van der Waals surface area contributed by atoms with Gasteiger partial charge in [0.2, 0.25) is 5.91 Å². The Kier molecular flexibility index (Phi) is 7.77. The summed E-state index contributed by atoms with van der Waals surface area (Å²) in [4.78, 5) is 46.2. The monoisotopic (exact) mass is 464 g/mol. The van der Waals surface area contributed by atoms with Crippen molar-refractivity contribution in [1.29, 1.82) is 0 Å². The van der Waals surface area contributed by atoms with Gasteiger partial charge in [0, 0.05) is 34.7 Å². The minimum Gasteiger partial charge on any atom is -0.545 e. The van der Waals surface area contributed by atoms with Crippen molar-refractivity contribution < 1.29 is 24.4 Å². The fourth-order valence-electron chi connectivity index (χ4n) is 2.88. The SMILES string of the molecule is O=C(CSCc1ccc([N+](=O)[O-])cc1)Nc1cccc(C(=O)Nc2ccccc2C(=O)[O-])c1. The normalized spacial score (nSPS) is 10.3. The number of anilines is 2. The molecule has 168 valence electrons.